The standard InChI is InChI=1S/C16H16N2S.C9H21N3.CH5N/c1-4-7-14(17)13-9-8-12(11(5-2)6-3)15-16(13)19-10-18-15;1-8(2)5-7(11-10)6-9(3,4)12-8;1-2/h4-10H,1-2,17H2,3H3;7,11-12H,5-6,10H2,1-4H3;2H2,1H3/b11-6+,14-7-;;. The van der Waals surface area contributed by atoms with E-state index in [2.05, 4.69) is 62.3 Å². The zero-order valence-electron chi connectivity index (χ0n) is 21.0. The lowest BCUT2D eigenvalue weighted by Gasteiger charge is -2.46. The maximum atomic E-state index is 6.06. The van der Waals surface area contributed by atoms with Crippen molar-refractivity contribution in [3.8, 4) is 0 Å². The second-order valence-corrected chi connectivity index (χ2v) is 10.0. The van der Waals surface area contributed by atoms with E-state index in [9.17, 15) is 0 Å². The average molecular weight is 471 g/mol. The zero-order chi connectivity index (χ0) is 25.2. The number of piperidine rings is 1. The molecular weight excluding hydrogens is 428 g/mol. The summed E-state index contributed by atoms with van der Waals surface area (Å²) in [5, 5.41) is 3.60. The van der Waals surface area contributed by atoms with Crippen molar-refractivity contribution < 1.29 is 0 Å². The van der Waals surface area contributed by atoms with Crippen LogP contribution in [0.5, 0.6) is 0 Å². The van der Waals surface area contributed by atoms with E-state index in [1.807, 2.05) is 36.7 Å². The van der Waals surface area contributed by atoms with Crippen molar-refractivity contribution in [1.82, 2.24) is 15.7 Å². The lowest BCUT2D eigenvalue weighted by Crippen LogP contribution is -2.62. The summed E-state index contributed by atoms with van der Waals surface area (Å²) in [6, 6.07) is 4.51. The number of benzene rings is 1. The number of allylic oxidation sites excluding steroid dienone is 5. The minimum atomic E-state index is 0.193. The molecule has 0 aliphatic carbocycles. The van der Waals surface area contributed by atoms with E-state index < -0.39 is 0 Å². The molecule has 6 nitrogen and oxygen atoms in total. The lowest BCUT2D eigenvalue weighted by atomic mass is 9.80. The Labute approximate surface area is 203 Å². The molecule has 7 heteroatoms. The fourth-order valence-electron chi connectivity index (χ4n) is 4.45. The third-order valence-corrected chi connectivity index (χ3v) is 6.22. The molecule has 1 aliphatic rings. The summed E-state index contributed by atoms with van der Waals surface area (Å²) in [4.78, 5) is 4.46. The second-order valence-electron chi connectivity index (χ2n) is 9.16. The van der Waals surface area contributed by atoms with Gasteiger partial charge in [-0.05, 0) is 66.2 Å². The first-order chi connectivity index (χ1) is 15.6. The maximum absolute atomic E-state index is 6.06. The van der Waals surface area contributed by atoms with Gasteiger partial charge in [0.2, 0.25) is 0 Å². The van der Waals surface area contributed by atoms with E-state index >= 15 is 0 Å². The van der Waals surface area contributed by atoms with Gasteiger partial charge in [0, 0.05) is 33.9 Å². The van der Waals surface area contributed by atoms with Crippen LogP contribution in [-0.2, 0) is 0 Å². The van der Waals surface area contributed by atoms with Gasteiger partial charge in [-0.25, -0.2) is 4.98 Å². The number of hydrogen-bond donors (Lipinski definition) is 5. The largest absolute Gasteiger partial charge is 0.398 e. The van der Waals surface area contributed by atoms with Crippen molar-refractivity contribution in [2.24, 2.45) is 17.3 Å². The lowest BCUT2D eigenvalue weighted by molar-refractivity contribution is 0.147. The van der Waals surface area contributed by atoms with Crippen molar-refractivity contribution in [2.75, 3.05) is 7.05 Å². The Bertz CT molecular complexity index is 968. The zero-order valence-corrected chi connectivity index (χ0v) is 21.9. The fraction of sp³-hybridized carbons (Fsp3) is 0.423. The molecule has 0 atom stereocenters. The molecule has 2 heterocycles. The molecule has 1 fully saturated rings. The van der Waals surface area contributed by atoms with E-state index in [4.69, 9.17) is 11.6 Å². The summed E-state index contributed by atoms with van der Waals surface area (Å²) in [5.74, 6) is 5.47. The smallest absolute Gasteiger partial charge is 0.0897 e. The highest BCUT2D eigenvalue weighted by molar-refractivity contribution is 7.17. The first-order valence-corrected chi connectivity index (χ1v) is 12.0. The summed E-state index contributed by atoms with van der Waals surface area (Å²) in [6.07, 6.45) is 9.55. The molecule has 0 spiro atoms. The third-order valence-electron chi connectivity index (χ3n) is 5.36. The molecular formula is C26H42N6S. The fourth-order valence-corrected chi connectivity index (χ4v) is 5.30. The van der Waals surface area contributed by atoms with Crippen LogP contribution in [0.1, 0.15) is 58.6 Å². The van der Waals surface area contributed by atoms with Crippen LogP contribution in [-0.4, -0.2) is 29.2 Å². The molecule has 0 bridgehead atoms. The average Bonchev–Trinajstić information content (AvgIpc) is 3.24. The topological polar surface area (TPSA) is 115 Å². The predicted octanol–water partition coefficient (Wildman–Crippen LogP) is 4.71. The quantitative estimate of drug-likeness (QED) is 0.246. The number of hydrazine groups is 1. The molecule has 1 saturated heterocycles. The summed E-state index contributed by atoms with van der Waals surface area (Å²) < 4.78 is 1.09. The number of aromatic nitrogens is 1. The summed E-state index contributed by atoms with van der Waals surface area (Å²) >= 11 is 1.59. The van der Waals surface area contributed by atoms with E-state index in [0.717, 1.165) is 39.8 Å². The Kier molecular flexibility index (Phi) is 11.2. The highest BCUT2D eigenvalue weighted by Crippen LogP contribution is 2.32. The van der Waals surface area contributed by atoms with Crippen LogP contribution in [0.3, 0.4) is 0 Å². The number of thiazole rings is 1. The van der Waals surface area contributed by atoms with Crippen molar-refractivity contribution in [3.63, 3.8) is 0 Å². The predicted molar refractivity (Wildman–Crippen MR) is 148 cm³/mol. The number of fused-ring (bicyclic) bond motifs is 1. The molecule has 33 heavy (non-hydrogen) atoms. The van der Waals surface area contributed by atoms with Crippen LogP contribution < -0.4 is 28.1 Å². The van der Waals surface area contributed by atoms with Crippen LogP contribution in [0.25, 0.3) is 21.5 Å². The second kappa shape index (κ2) is 12.8. The van der Waals surface area contributed by atoms with Crippen molar-refractivity contribution >= 4 is 32.8 Å². The van der Waals surface area contributed by atoms with E-state index in [0.29, 0.717) is 11.7 Å². The van der Waals surface area contributed by atoms with Crippen LogP contribution in [0.15, 0.2) is 55.1 Å². The van der Waals surface area contributed by atoms with Gasteiger partial charge in [0.15, 0.2) is 0 Å². The molecule has 1 aromatic carbocycles. The van der Waals surface area contributed by atoms with Gasteiger partial charge in [-0.1, -0.05) is 43.5 Å². The first kappa shape index (κ1) is 28.7. The van der Waals surface area contributed by atoms with Crippen molar-refractivity contribution in [2.45, 2.75) is 64.6 Å². The molecule has 0 saturated carbocycles. The number of hydrogen-bond acceptors (Lipinski definition) is 7. The normalized spacial score (nSPS) is 17.9. The molecule has 2 aromatic rings. The Balaban J connectivity index is 0.000000335. The monoisotopic (exact) mass is 470 g/mol. The highest BCUT2D eigenvalue weighted by atomic mass is 32.1. The van der Waals surface area contributed by atoms with Crippen LogP contribution in [0.4, 0.5) is 0 Å². The van der Waals surface area contributed by atoms with E-state index in [-0.39, 0.29) is 11.1 Å². The van der Waals surface area contributed by atoms with Crippen molar-refractivity contribution in [1.29, 1.82) is 0 Å². The molecule has 8 N–H and O–H groups in total. The first-order valence-electron chi connectivity index (χ1n) is 11.1. The summed E-state index contributed by atoms with van der Waals surface area (Å²) in [5.41, 5.74) is 20.5. The Morgan fingerprint density at radius 2 is 1.73 bits per heavy atom. The maximum Gasteiger partial charge on any atom is 0.0897 e. The van der Waals surface area contributed by atoms with Crippen LogP contribution in [0.2, 0.25) is 0 Å². The molecule has 1 aliphatic heterocycles. The van der Waals surface area contributed by atoms with Gasteiger partial charge in [0.1, 0.15) is 0 Å². The minimum Gasteiger partial charge on any atom is -0.398 e. The number of nitrogens with one attached hydrogen (secondary N) is 2. The van der Waals surface area contributed by atoms with Gasteiger partial charge in [0.25, 0.3) is 0 Å². The summed E-state index contributed by atoms with van der Waals surface area (Å²) in [6.45, 7) is 18.4. The van der Waals surface area contributed by atoms with Gasteiger partial charge < -0.3 is 16.8 Å². The summed E-state index contributed by atoms with van der Waals surface area (Å²) in [7, 11) is 1.50. The Morgan fingerprint density at radius 1 is 1.15 bits per heavy atom. The number of nitrogens with zero attached hydrogens (tertiary/aromatic N) is 1. The Hall–Kier alpha value is -2.29. The van der Waals surface area contributed by atoms with Crippen molar-refractivity contribution in [3.05, 3.63) is 66.2 Å². The van der Waals surface area contributed by atoms with E-state index in [1.54, 1.807) is 23.5 Å². The van der Waals surface area contributed by atoms with Gasteiger partial charge >= 0.3 is 0 Å². The van der Waals surface area contributed by atoms with Crippen LogP contribution in [0, 0.1) is 0 Å². The van der Waals surface area contributed by atoms with Gasteiger partial charge in [-0.15, -0.1) is 11.3 Å². The third kappa shape index (κ3) is 7.91. The number of nitrogens with two attached hydrogens (primary N) is 3. The molecule has 1 aromatic heterocycles. The SMILES string of the molecule is C=C/C=C(\N)c1ccc(/C(C=C)=C/C)c2ncsc12.CC1(C)CC(NN)CC(C)(C)N1.CN. The Morgan fingerprint density at radius 3 is 2.21 bits per heavy atom. The molecule has 0 amide bonds. The molecule has 3 rings (SSSR count). The number of rotatable bonds is 5. The van der Waals surface area contributed by atoms with Gasteiger partial charge in [-0.3, -0.25) is 11.3 Å². The molecule has 0 radical (unpaired) electrons. The van der Waals surface area contributed by atoms with Gasteiger partial charge in [0.05, 0.1) is 15.7 Å². The van der Waals surface area contributed by atoms with E-state index in [1.165, 1.54) is 7.05 Å². The van der Waals surface area contributed by atoms with Gasteiger partial charge in [-0.2, -0.15) is 0 Å². The molecule has 182 valence electrons. The van der Waals surface area contributed by atoms with Crippen LogP contribution >= 0.6 is 11.3 Å². The minimum absolute atomic E-state index is 0.193. The molecule has 0 unspecified atom stereocenters. The highest BCUT2D eigenvalue weighted by Gasteiger charge is 2.36.